The van der Waals surface area contributed by atoms with Crippen LogP contribution in [0.25, 0.3) is 0 Å². The van der Waals surface area contributed by atoms with Crippen LogP contribution in [0, 0.1) is 18.3 Å². The van der Waals surface area contributed by atoms with Gasteiger partial charge >= 0.3 is 0 Å². The van der Waals surface area contributed by atoms with E-state index in [1.807, 2.05) is 6.07 Å². The van der Waals surface area contributed by atoms with Crippen molar-refractivity contribution in [2.45, 2.75) is 37.1 Å². The van der Waals surface area contributed by atoms with E-state index in [9.17, 15) is 13.7 Å². The molecule has 1 aliphatic rings. The molecule has 6 heteroatoms. The van der Waals surface area contributed by atoms with E-state index >= 15 is 0 Å². The van der Waals surface area contributed by atoms with E-state index in [0.29, 0.717) is 18.7 Å². The maximum atomic E-state index is 12.8. The van der Waals surface area contributed by atoms with Crippen LogP contribution in [-0.4, -0.2) is 31.9 Å². The average Bonchev–Trinajstić information content (AvgIpc) is 2.46. The van der Waals surface area contributed by atoms with Crippen molar-refractivity contribution in [2.24, 2.45) is 5.73 Å². The van der Waals surface area contributed by atoms with E-state index < -0.39 is 10.0 Å². The highest BCUT2D eigenvalue weighted by Gasteiger charge is 2.34. The zero-order valence-corrected chi connectivity index (χ0v) is 12.4. The second kappa shape index (κ2) is 5.92. The Kier molecular flexibility index (Phi) is 4.43. The first kappa shape index (κ1) is 15.0. The summed E-state index contributed by atoms with van der Waals surface area (Å²) in [4.78, 5) is 0.0975. The molecule has 1 saturated heterocycles. The van der Waals surface area contributed by atoms with Crippen LogP contribution in [0.3, 0.4) is 0 Å². The fraction of sp³-hybridized carbons (Fsp3) is 0.500. The number of benzene rings is 1. The molecule has 1 aromatic carbocycles. The van der Waals surface area contributed by atoms with Gasteiger partial charge in [0.05, 0.1) is 5.56 Å². The number of nitriles is 1. The zero-order valence-electron chi connectivity index (χ0n) is 11.5. The Hall–Kier alpha value is -1.42. The molecule has 1 heterocycles. The van der Waals surface area contributed by atoms with Gasteiger partial charge in [-0.3, -0.25) is 0 Å². The van der Waals surface area contributed by atoms with Gasteiger partial charge in [-0.05, 0) is 31.4 Å². The number of sulfonamides is 1. The van der Waals surface area contributed by atoms with E-state index in [1.165, 1.54) is 10.4 Å². The molecule has 0 radical (unpaired) electrons. The maximum Gasteiger partial charge on any atom is 0.244 e. The van der Waals surface area contributed by atoms with E-state index in [4.69, 9.17) is 5.73 Å². The van der Waals surface area contributed by atoms with Gasteiger partial charge in [0, 0.05) is 19.1 Å². The molecule has 0 bridgehead atoms. The van der Waals surface area contributed by atoms with E-state index in [0.717, 1.165) is 19.3 Å². The molecule has 2 N–H and O–H groups in total. The lowest BCUT2D eigenvalue weighted by atomic mass is 10.1. The molecule has 2 rings (SSSR count). The fourth-order valence-electron chi connectivity index (χ4n) is 2.65. The highest BCUT2D eigenvalue weighted by atomic mass is 32.2. The molecule has 0 amide bonds. The van der Waals surface area contributed by atoms with Gasteiger partial charge in [0.2, 0.25) is 10.0 Å². The van der Waals surface area contributed by atoms with E-state index in [2.05, 4.69) is 0 Å². The van der Waals surface area contributed by atoms with Crippen LogP contribution < -0.4 is 5.73 Å². The maximum absolute atomic E-state index is 12.8. The summed E-state index contributed by atoms with van der Waals surface area (Å²) in [5.74, 6) is 0. The molecule has 1 aliphatic heterocycles. The highest BCUT2D eigenvalue weighted by Crippen LogP contribution is 2.27. The average molecular weight is 293 g/mol. The summed E-state index contributed by atoms with van der Waals surface area (Å²) in [6, 6.07) is 6.76. The highest BCUT2D eigenvalue weighted by molar-refractivity contribution is 7.89. The summed E-state index contributed by atoms with van der Waals surface area (Å²) in [6.07, 6.45) is 2.61. The molecule has 0 aromatic heterocycles. The van der Waals surface area contributed by atoms with E-state index in [-0.39, 0.29) is 16.5 Å². The molecule has 1 aromatic rings. The molecule has 20 heavy (non-hydrogen) atoms. The second-order valence-electron chi connectivity index (χ2n) is 5.06. The Morgan fingerprint density at radius 1 is 1.45 bits per heavy atom. The molecule has 0 spiro atoms. The van der Waals surface area contributed by atoms with Gasteiger partial charge in [0.1, 0.15) is 11.0 Å². The van der Waals surface area contributed by atoms with Crippen molar-refractivity contribution in [2.75, 3.05) is 13.1 Å². The first-order valence-electron chi connectivity index (χ1n) is 6.74. The van der Waals surface area contributed by atoms with Gasteiger partial charge in [-0.15, -0.1) is 0 Å². The van der Waals surface area contributed by atoms with Crippen molar-refractivity contribution in [3.05, 3.63) is 29.3 Å². The Balaban J connectivity index is 2.50. The predicted molar refractivity (Wildman–Crippen MR) is 76.5 cm³/mol. The smallest absolute Gasteiger partial charge is 0.244 e. The third-order valence-electron chi connectivity index (χ3n) is 3.78. The van der Waals surface area contributed by atoms with Crippen molar-refractivity contribution in [3.63, 3.8) is 0 Å². The number of hydrogen-bond acceptors (Lipinski definition) is 4. The summed E-state index contributed by atoms with van der Waals surface area (Å²) in [5.41, 5.74) is 6.60. The predicted octanol–water partition coefficient (Wildman–Crippen LogP) is 1.37. The van der Waals surface area contributed by atoms with Crippen LogP contribution >= 0.6 is 0 Å². The van der Waals surface area contributed by atoms with Crippen LogP contribution in [0.5, 0.6) is 0 Å². The lowest BCUT2D eigenvalue weighted by molar-refractivity contribution is 0.257. The third-order valence-corrected chi connectivity index (χ3v) is 5.77. The van der Waals surface area contributed by atoms with Crippen molar-refractivity contribution in [1.82, 2.24) is 4.31 Å². The van der Waals surface area contributed by atoms with Gasteiger partial charge in [0.15, 0.2) is 0 Å². The lowest BCUT2D eigenvalue weighted by Crippen LogP contribution is -2.47. The molecular formula is C14H19N3O2S. The number of hydrogen-bond donors (Lipinski definition) is 1. The Bertz CT molecular complexity index is 634. The van der Waals surface area contributed by atoms with Crippen LogP contribution in [0.15, 0.2) is 23.1 Å². The molecule has 108 valence electrons. The number of nitrogens with two attached hydrogens (primary N) is 1. The summed E-state index contributed by atoms with van der Waals surface area (Å²) < 4.78 is 27.1. The van der Waals surface area contributed by atoms with E-state index in [1.54, 1.807) is 19.1 Å². The number of aryl methyl sites for hydroxylation is 1. The third kappa shape index (κ3) is 2.57. The van der Waals surface area contributed by atoms with Crippen LogP contribution in [0.2, 0.25) is 0 Å². The van der Waals surface area contributed by atoms with Gasteiger partial charge in [-0.25, -0.2) is 8.42 Å². The van der Waals surface area contributed by atoms with Gasteiger partial charge < -0.3 is 5.73 Å². The van der Waals surface area contributed by atoms with Gasteiger partial charge in [-0.2, -0.15) is 9.57 Å². The first-order valence-corrected chi connectivity index (χ1v) is 8.18. The van der Waals surface area contributed by atoms with Crippen LogP contribution in [0.4, 0.5) is 0 Å². The summed E-state index contributed by atoms with van der Waals surface area (Å²) in [5, 5.41) is 9.23. The second-order valence-corrected chi connectivity index (χ2v) is 6.92. The summed E-state index contributed by atoms with van der Waals surface area (Å²) in [7, 11) is -3.66. The zero-order chi connectivity index (χ0) is 14.8. The molecule has 1 fully saturated rings. The standard InChI is InChI=1S/C14H19N3O2S/c1-11-5-4-7-14(13(11)10-16)20(18,19)17-8-3-2-6-12(17)9-15/h4-5,7,12H,2-3,6,8-9,15H2,1H3. The first-order chi connectivity index (χ1) is 9.52. The number of piperidine rings is 1. The fourth-order valence-corrected chi connectivity index (χ4v) is 4.57. The normalized spacial score (nSPS) is 20.6. The quantitative estimate of drug-likeness (QED) is 0.911. The van der Waals surface area contributed by atoms with Gasteiger partial charge in [0.25, 0.3) is 0 Å². The summed E-state index contributed by atoms with van der Waals surface area (Å²) >= 11 is 0. The number of nitrogens with zero attached hydrogens (tertiary/aromatic N) is 2. The minimum absolute atomic E-state index is 0.0975. The van der Waals surface area contributed by atoms with Crippen LogP contribution in [-0.2, 0) is 10.0 Å². The molecule has 1 atom stereocenters. The molecule has 0 saturated carbocycles. The van der Waals surface area contributed by atoms with Crippen molar-refractivity contribution in [1.29, 1.82) is 5.26 Å². The lowest BCUT2D eigenvalue weighted by Gasteiger charge is -2.34. The minimum atomic E-state index is -3.66. The minimum Gasteiger partial charge on any atom is -0.329 e. The Labute approximate surface area is 120 Å². The Morgan fingerprint density at radius 2 is 2.20 bits per heavy atom. The Morgan fingerprint density at radius 3 is 2.85 bits per heavy atom. The SMILES string of the molecule is Cc1cccc(S(=O)(=O)N2CCCCC2CN)c1C#N. The topological polar surface area (TPSA) is 87.2 Å². The van der Waals surface area contributed by atoms with Crippen molar-refractivity contribution in [3.8, 4) is 6.07 Å². The molecule has 5 nitrogen and oxygen atoms in total. The van der Waals surface area contributed by atoms with Crippen molar-refractivity contribution < 1.29 is 8.42 Å². The van der Waals surface area contributed by atoms with Gasteiger partial charge in [-0.1, -0.05) is 18.6 Å². The van der Waals surface area contributed by atoms with Crippen LogP contribution in [0.1, 0.15) is 30.4 Å². The largest absolute Gasteiger partial charge is 0.329 e. The van der Waals surface area contributed by atoms with Crippen molar-refractivity contribution >= 4 is 10.0 Å². The molecule has 1 unspecified atom stereocenters. The summed E-state index contributed by atoms with van der Waals surface area (Å²) in [6.45, 7) is 2.53. The molecule has 0 aliphatic carbocycles. The number of rotatable bonds is 3. The monoisotopic (exact) mass is 293 g/mol. The molecular weight excluding hydrogens is 274 g/mol.